The average Bonchev–Trinajstić information content (AvgIpc) is 2.76. The van der Waals surface area contributed by atoms with Crippen LogP contribution in [0.25, 0.3) is 0 Å². The van der Waals surface area contributed by atoms with Crippen LogP contribution in [0.1, 0.15) is 5.01 Å². The molecule has 1 aromatic carbocycles. The molecule has 0 fully saturated rings. The summed E-state index contributed by atoms with van der Waals surface area (Å²) in [6.45, 7) is 0. The molecule has 0 atom stereocenters. The molecular weight excluding hydrogens is 244 g/mol. The van der Waals surface area contributed by atoms with Gasteiger partial charge in [-0.3, -0.25) is 5.43 Å². The van der Waals surface area contributed by atoms with Crippen LogP contribution in [-0.4, -0.2) is 15.3 Å². The summed E-state index contributed by atoms with van der Waals surface area (Å²) in [5.41, 5.74) is 2.44. The molecule has 0 aliphatic carbocycles. The van der Waals surface area contributed by atoms with Gasteiger partial charge < -0.3 is 5.11 Å². The van der Waals surface area contributed by atoms with Crippen LogP contribution < -0.4 is 11.3 Å². The first-order valence-electron chi connectivity index (χ1n) is 4.49. The number of thioether (sulfide) groups is 1. The molecule has 0 saturated heterocycles. The van der Waals surface area contributed by atoms with Crippen molar-refractivity contribution in [3.05, 3.63) is 29.3 Å². The number of nitrogens with two attached hydrogens (primary N) is 1. The summed E-state index contributed by atoms with van der Waals surface area (Å²) in [6, 6.07) is 7.20. The third-order valence-corrected chi connectivity index (χ3v) is 3.92. The molecule has 0 amide bonds. The van der Waals surface area contributed by atoms with E-state index >= 15 is 0 Å². The van der Waals surface area contributed by atoms with E-state index in [0.717, 1.165) is 9.90 Å². The molecule has 1 heterocycles. The Balaban J connectivity index is 1.99. The van der Waals surface area contributed by atoms with Crippen molar-refractivity contribution in [3.8, 4) is 5.75 Å². The molecule has 84 valence electrons. The third-order valence-electron chi connectivity index (χ3n) is 1.81. The Labute approximate surface area is 101 Å². The van der Waals surface area contributed by atoms with Gasteiger partial charge >= 0.3 is 0 Å². The number of benzene rings is 1. The zero-order chi connectivity index (χ0) is 11.4. The van der Waals surface area contributed by atoms with E-state index in [0.29, 0.717) is 10.9 Å². The van der Waals surface area contributed by atoms with E-state index in [-0.39, 0.29) is 5.75 Å². The molecule has 2 rings (SSSR count). The number of phenolic OH excluding ortho intramolecular Hbond substituents is 1. The van der Waals surface area contributed by atoms with Crippen molar-refractivity contribution in [1.29, 1.82) is 0 Å². The van der Waals surface area contributed by atoms with E-state index in [4.69, 9.17) is 5.84 Å². The number of hydrogen-bond donors (Lipinski definition) is 3. The number of nitrogen functional groups attached to an aromatic ring is 1. The smallest absolute Gasteiger partial charge is 0.219 e. The standard InChI is InChI=1S/C9H10N4OS2/c10-11-9-13-12-8(16-9)5-15-7-4-2-1-3-6(7)14/h1-4,14H,5,10H2,(H,11,13). The second-order valence-corrected chi connectivity index (χ2v) is 4.98. The highest BCUT2D eigenvalue weighted by atomic mass is 32.2. The van der Waals surface area contributed by atoms with E-state index in [2.05, 4.69) is 15.6 Å². The van der Waals surface area contributed by atoms with E-state index in [9.17, 15) is 5.11 Å². The van der Waals surface area contributed by atoms with E-state index < -0.39 is 0 Å². The summed E-state index contributed by atoms with van der Waals surface area (Å²) in [6.07, 6.45) is 0. The second kappa shape index (κ2) is 5.15. The molecule has 0 unspecified atom stereocenters. The Morgan fingerprint density at radius 3 is 2.88 bits per heavy atom. The lowest BCUT2D eigenvalue weighted by atomic mass is 10.3. The Kier molecular flexibility index (Phi) is 3.60. The number of aromatic hydroxyl groups is 1. The number of nitrogens with one attached hydrogen (secondary N) is 1. The number of para-hydroxylation sites is 1. The first-order valence-corrected chi connectivity index (χ1v) is 6.29. The minimum atomic E-state index is 0.286. The summed E-state index contributed by atoms with van der Waals surface area (Å²) in [4.78, 5) is 0.833. The summed E-state index contributed by atoms with van der Waals surface area (Å²) >= 11 is 2.91. The maximum Gasteiger partial charge on any atom is 0.219 e. The zero-order valence-electron chi connectivity index (χ0n) is 8.25. The minimum Gasteiger partial charge on any atom is -0.507 e. The molecule has 1 aromatic heterocycles. The van der Waals surface area contributed by atoms with Gasteiger partial charge in [0.25, 0.3) is 0 Å². The molecule has 7 heteroatoms. The fourth-order valence-corrected chi connectivity index (χ4v) is 2.67. The van der Waals surface area contributed by atoms with Crippen LogP contribution in [0.4, 0.5) is 5.13 Å². The first-order chi connectivity index (χ1) is 7.79. The highest BCUT2D eigenvalue weighted by molar-refractivity contribution is 7.98. The van der Waals surface area contributed by atoms with E-state index in [1.165, 1.54) is 23.1 Å². The lowest BCUT2D eigenvalue weighted by molar-refractivity contribution is 0.462. The predicted molar refractivity (Wildman–Crippen MR) is 65.4 cm³/mol. The second-order valence-electron chi connectivity index (χ2n) is 2.90. The molecular formula is C9H10N4OS2. The van der Waals surface area contributed by atoms with Crippen LogP contribution in [0.3, 0.4) is 0 Å². The van der Waals surface area contributed by atoms with Crippen molar-refractivity contribution in [2.24, 2.45) is 5.84 Å². The van der Waals surface area contributed by atoms with Crippen molar-refractivity contribution in [2.45, 2.75) is 10.6 Å². The summed E-state index contributed by atoms with van der Waals surface area (Å²) in [5.74, 6) is 6.16. The highest BCUT2D eigenvalue weighted by Gasteiger charge is 2.05. The van der Waals surface area contributed by atoms with Crippen LogP contribution in [0, 0.1) is 0 Å². The normalized spacial score (nSPS) is 10.3. The Hall–Kier alpha value is -1.31. The number of phenols is 1. The molecule has 4 N–H and O–H groups in total. The number of anilines is 1. The molecule has 5 nitrogen and oxygen atoms in total. The topological polar surface area (TPSA) is 84.1 Å². The van der Waals surface area contributed by atoms with Crippen LogP contribution in [0.15, 0.2) is 29.2 Å². The molecule has 0 bridgehead atoms. The fraction of sp³-hybridized carbons (Fsp3) is 0.111. The van der Waals surface area contributed by atoms with Gasteiger partial charge in [-0.05, 0) is 12.1 Å². The van der Waals surface area contributed by atoms with Gasteiger partial charge in [0.15, 0.2) is 0 Å². The van der Waals surface area contributed by atoms with Crippen LogP contribution in [-0.2, 0) is 5.75 Å². The number of rotatable bonds is 4. The maximum absolute atomic E-state index is 9.55. The van der Waals surface area contributed by atoms with E-state index in [1.807, 2.05) is 12.1 Å². The van der Waals surface area contributed by atoms with Gasteiger partial charge in [0.1, 0.15) is 10.8 Å². The van der Waals surface area contributed by atoms with Crippen molar-refractivity contribution < 1.29 is 5.11 Å². The molecule has 0 aliphatic rings. The quantitative estimate of drug-likeness (QED) is 0.438. The third kappa shape index (κ3) is 2.63. The van der Waals surface area contributed by atoms with E-state index in [1.54, 1.807) is 12.1 Å². The van der Waals surface area contributed by atoms with Gasteiger partial charge in [0.2, 0.25) is 5.13 Å². The molecule has 0 spiro atoms. The lowest BCUT2D eigenvalue weighted by Crippen LogP contribution is -2.05. The van der Waals surface area contributed by atoms with Gasteiger partial charge in [-0.2, -0.15) is 0 Å². The zero-order valence-corrected chi connectivity index (χ0v) is 9.88. The van der Waals surface area contributed by atoms with Crippen molar-refractivity contribution >= 4 is 28.2 Å². The Bertz CT molecular complexity index is 474. The lowest BCUT2D eigenvalue weighted by Gasteiger charge is -2.00. The predicted octanol–water partition coefficient (Wildman–Crippen LogP) is 1.82. The van der Waals surface area contributed by atoms with Gasteiger partial charge in [0, 0.05) is 4.90 Å². The largest absolute Gasteiger partial charge is 0.507 e. The van der Waals surface area contributed by atoms with Gasteiger partial charge in [-0.1, -0.05) is 23.5 Å². The molecule has 2 aromatic rings. The SMILES string of the molecule is NNc1nnc(CSc2ccccc2O)s1. The Morgan fingerprint density at radius 2 is 2.19 bits per heavy atom. The summed E-state index contributed by atoms with van der Waals surface area (Å²) in [7, 11) is 0. The van der Waals surface area contributed by atoms with Gasteiger partial charge in [-0.15, -0.1) is 22.0 Å². The van der Waals surface area contributed by atoms with Crippen molar-refractivity contribution in [3.63, 3.8) is 0 Å². The van der Waals surface area contributed by atoms with Crippen molar-refractivity contribution in [1.82, 2.24) is 10.2 Å². The minimum absolute atomic E-state index is 0.286. The van der Waals surface area contributed by atoms with Gasteiger partial charge in [-0.25, -0.2) is 5.84 Å². The summed E-state index contributed by atoms with van der Waals surface area (Å²) in [5, 5.41) is 18.8. The molecule has 0 saturated carbocycles. The highest BCUT2D eigenvalue weighted by Crippen LogP contribution is 2.31. The van der Waals surface area contributed by atoms with Crippen LogP contribution >= 0.6 is 23.1 Å². The molecule has 0 radical (unpaired) electrons. The number of hydrogen-bond acceptors (Lipinski definition) is 7. The first kappa shape index (κ1) is 11.2. The Morgan fingerprint density at radius 1 is 1.38 bits per heavy atom. The fourth-order valence-electron chi connectivity index (χ4n) is 1.09. The molecule has 0 aliphatic heterocycles. The van der Waals surface area contributed by atoms with Crippen LogP contribution in [0.2, 0.25) is 0 Å². The average molecular weight is 254 g/mol. The van der Waals surface area contributed by atoms with Crippen molar-refractivity contribution in [2.75, 3.05) is 5.43 Å². The molecule has 16 heavy (non-hydrogen) atoms. The number of hydrazine groups is 1. The summed E-state index contributed by atoms with van der Waals surface area (Å²) < 4.78 is 0. The van der Waals surface area contributed by atoms with Crippen LogP contribution in [0.5, 0.6) is 5.75 Å². The number of nitrogens with zero attached hydrogens (tertiary/aromatic N) is 2. The number of aromatic nitrogens is 2. The van der Waals surface area contributed by atoms with Gasteiger partial charge in [0.05, 0.1) is 5.75 Å². The monoisotopic (exact) mass is 254 g/mol. The maximum atomic E-state index is 9.55.